The highest BCUT2D eigenvalue weighted by atomic mass is 15.1. The topological polar surface area (TPSA) is 12.6 Å². The molecular weight excluding hydrogens is 691 g/mol. The number of para-hydroxylation sites is 5. The number of anilines is 3. The molecule has 11 rings (SSSR count). The van der Waals surface area contributed by atoms with Crippen LogP contribution in [0, 0.1) is 0 Å². The molecule has 0 N–H and O–H groups in total. The van der Waals surface area contributed by atoms with Crippen molar-refractivity contribution in [1.82, 2.24) is 8.97 Å². The van der Waals surface area contributed by atoms with Gasteiger partial charge in [-0.15, -0.1) is 0 Å². The summed E-state index contributed by atoms with van der Waals surface area (Å²) in [5.41, 5.74) is 15.0. The summed E-state index contributed by atoms with van der Waals surface area (Å²) in [6.07, 6.45) is 0. The molecule has 2 heterocycles. The molecular formula is C54H37N3. The van der Waals surface area contributed by atoms with E-state index in [4.69, 9.17) is 0 Å². The van der Waals surface area contributed by atoms with Gasteiger partial charge in [0, 0.05) is 44.3 Å². The summed E-state index contributed by atoms with van der Waals surface area (Å²) in [7, 11) is 0. The average Bonchev–Trinajstić information content (AvgIpc) is 3.63. The largest absolute Gasteiger partial charge is 0.311 e. The van der Waals surface area contributed by atoms with E-state index in [0.29, 0.717) is 0 Å². The molecule has 0 fully saturated rings. The molecule has 0 saturated heterocycles. The Hall–Kier alpha value is -7.62. The summed E-state index contributed by atoms with van der Waals surface area (Å²) >= 11 is 0. The lowest BCUT2D eigenvalue weighted by molar-refractivity contribution is 1.15. The van der Waals surface area contributed by atoms with Crippen LogP contribution >= 0.6 is 0 Å². The molecule has 0 bridgehead atoms. The smallest absolute Gasteiger partial charge is 0.0703 e. The number of benzene rings is 9. The maximum absolute atomic E-state index is 2.46. The Morgan fingerprint density at radius 2 is 0.649 bits per heavy atom. The molecule has 3 nitrogen and oxygen atoms in total. The molecule has 0 unspecified atom stereocenters. The van der Waals surface area contributed by atoms with Gasteiger partial charge in [0.2, 0.25) is 0 Å². The van der Waals surface area contributed by atoms with E-state index >= 15 is 0 Å². The van der Waals surface area contributed by atoms with Crippen LogP contribution in [0.25, 0.3) is 77.1 Å². The summed E-state index contributed by atoms with van der Waals surface area (Å²) in [6.45, 7) is 0. The standard InChI is InChI=1S/C54H37N3/c1-3-14-38(15-4-1)40-26-30-42(31-27-40)55(43-32-28-41(29-33-43)39-16-5-2-6-17-39)44-34-36-45(37-35-44)56-50-22-9-7-18-46(50)48-20-13-21-49-47-19-8-10-23-51(47)57(54(48)49)53-25-12-11-24-52(53)56/h1-37H. The first kappa shape index (κ1) is 32.8. The normalized spacial score (nSPS) is 11.5. The van der Waals surface area contributed by atoms with Crippen LogP contribution in [-0.4, -0.2) is 8.97 Å². The third-order valence-corrected chi connectivity index (χ3v) is 11.3. The minimum Gasteiger partial charge on any atom is -0.311 e. The van der Waals surface area contributed by atoms with E-state index in [1.54, 1.807) is 0 Å². The van der Waals surface area contributed by atoms with Crippen LogP contribution in [0.3, 0.4) is 0 Å². The molecule has 2 aromatic heterocycles. The summed E-state index contributed by atoms with van der Waals surface area (Å²) in [5, 5.41) is 4.94. The molecule has 11 aromatic rings. The van der Waals surface area contributed by atoms with E-state index in [-0.39, 0.29) is 0 Å². The van der Waals surface area contributed by atoms with Gasteiger partial charge in [0.1, 0.15) is 0 Å². The maximum Gasteiger partial charge on any atom is 0.0703 e. The van der Waals surface area contributed by atoms with Crippen molar-refractivity contribution in [2.45, 2.75) is 0 Å². The molecule has 0 radical (unpaired) electrons. The number of hydrogen-bond acceptors (Lipinski definition) is 1. The number of rotatable bonds is 6. The zero-order chi connectivity index (χ0) is 37.7. The third kappa shape index (κ3) is 5.51. The monoisotopic (exact) mass is 727 g/mol. The Labute approximate surface area is 331 Å². The van der Waals surface area contributed by atoms with Crippen LogP contribution in [0.15, 0.2) is 224 Å². The van der Waals surface area contributed by atoms with Gasteiger partial charge in [-0.1, -0.05) is 152 Å². The predicted octanol–water partition coefficient (Wildman–Crippen LogP) is 14.7. The van der Waals surface area contributed by atoms with Gasteiger partial charge >= 0.3 is 0 Å². The second-order valence-corrected chi connectivity index (χ2v) is 14.6. The highest BCUT2D eigenvalue weighted by Crippen LogP contribution is 2.40. The highest BCUT2D eigenvalue weighted by Gasteiger charge is 2.18. The van der Waals surface area contributed by atoms with Crippen molar-refractivity contribution in [3.05, 3.63) is 224 Å². The second kappa shape index (κ2) is 13.6. The van der Waals surface area contributed by atoms with Crippen molar-refractivity contribution in [2.75, 3.05) is 4.90 Å². The van der Waals surface area contributed by atoms with Gasteiger partial charge in [0.25, 0.3) is 0 Å². The molecule has 3 heteroatoms. The SMILES string of the molecule is c1ccc(-c2ccc(N(c3ccc(-c4ccccc4)cc3)c3ccc(-n4c5ccccc5c5cccc6c7ccccc7n(c7ccccc74)c56)cc3)cc2)cc1. The fourth-order valence-electron chi connectivity index (χ4n) is 8.70. The Kier molecular flexibility index (Phi) is 7.82. The first-order valence-corrected chi connectivity index (χ1v) is 19.5. The van der Waals surface area contributed by atoms with E-state index in [9.17, 15) is 0 Å². The molecule has 0 amide bonds. The number of fused-ring (bicyclic) bond motifs is 7. The van der Waals surface area contributed by atoms with Crippen molar-refractivity contribution < 1.29 is 0 Å². The van der Waals surface area contributed by atoms with Crippen LogP contribution in [0.5, 0.6) is 0 Å². The fraction of sp³-hybridized carbons (Fsp3) is 0. The van der Waals surface area contributed by atoms with Gasteiger partial charge in [-0.05, 0) is 95.1 Å². The first-order valence-electron chi connectivity index (χ1n) is 19.5. The van der Waals surface area contributed by atoms with Crippen molar-refractivity contribution in [3.63, 3.8) is 0 Å². The van der Waals surface area contributed by atoms with E-state index < -0.39 is 0 Å². The molecule has 0 atom stereocenters. The number of nitrogens with zero attached hydrogens (tertiary/aromatic N) is 3. The van der Waals surface area contributed by atoms with Gasteiger partial charge in [0.15, 0.2) is 0 Å². The van der Waals surface area contributed by atoms with Crippen LogP contribution in [0.4, 0.5) is 17.1 Å². The Bertz CT molecular complexity index is 3170. The fourth-order valence-corrected chi connectivity index (χ4v) is 8.70. The first-order chi connectivity index (χ1) is 28.3. The summed E-state index contributed by atoms with van der Waals surface area (Å²) < 4.78 is 4.89. The minimum atomic E-state index is 1.08. The molecule has 0 aliphatic heterocycles. The lowest BCUT2D eigenvalue weighted by Crippen LogP contribution is -2.10. The van der Waals surface area contributed by atoms with Gasteiger partial charge in [-0.3, -0.25) is 0 Å². The highest BCUT2D eigenvalue weighted by molar-refractivity contribution is 6.20. The molecule has 0 aliphatic rings. The van der Waals surface area contributed by atoms with Crippen LogP contribution < -0.4 is 4.90 Å². The Morgan fingerprint density at radius 1 is 0.263 bits per heavy atom. The van der Waals surface area contributed by atoms with Gasteiger partial charge in [-0.25, -0.2) is 0 Å². The Balaban J connectivity index is 1.11. The average molecular weight is 728 g/mol. The summed E-state index contributed by atoms with van der Waals surface area (Å²) in [5.74, 6) is 0. The summed E-state index contributed by atoms with van der Waals surface area (Å²) in [6, 6.07) is 81.1. The molecule has 0 saturated carbocycles. The van der Waals surface area contributed by atoms with Crippen molar-refractivity contribution in [3.8, 4) is 27.9 Å². The lowest BCUT2D eigenvalue weighted by Gasteiger charge is -2.26. The molecule has 57 heavy (non-hydrogen) atoms. The third-order valence-electron chi connectivity index (χ3n) is 11.3. The zero-order valence-electron chi connectivity index (χ0n) is 31.2. The van der Waals surface area contributed by atoms with Crippen LogP contribution in [0.2, 0.25) is 0 Å². The van der Waals surface area contributed by atoms with E-state index in [1.807, 2.05) is 0 Å². The van der Waals surface area contributed by atoms with Gasteiger partial charge in [-0.2, -0.15) is 0 Å². The molecule has 9 aromatic carbocycles. The van der Waals surface area contributed by atoms with Gasteiger partial charge < -0.3 is 13.9 Å². The molecule has 0 spiro atoms. The maximum atomic E-state index is 2.46. The van der Waals surface area contributed by atoms with Crippen molar-refractivity contribution >= 4 is 66.2 Å². The molecule has 268 valence electrons. The lowest BCUT2D eigenvalue weighted by atomic mass is 10.0. The molecule has 0 aliphatic carbocycles. The van der Waals surface area contributed by atoms with Crippen molar-refractivity contribution in [2.24, 2.45) is 0 Å². The number of hydrogen-bond donors (Lipinski definition) is 0. The van der Waals surface area contributed by atoms with Crippen molar-refractivity contribution in [1.29, 1.82) is 0 Å². The Morgan fingerprint density at radius 3 is 1.19 bits per heavy atom. The van der Waals surface area contributed by atoms with Crippen LogP contribution in [0.1, 0.15) is 0 Å². The second-order valence-electron chi connectivity index (χ2n) is 14.6. The summed E-state index contributed by atoms with van der Waals surface area (Å²) in [4.78, 5) is 2.35. The predicted molar refractivity (Wildman–Crippen MR) is 241 cm³/mol. The quantitative estimate of drug-likeness (QED) is 0.166. The van der Waals surface area contributed by atoms with Crippen LogP contribution in [-0.2, 0) is 0 Å². The van der Waals surface area contributed by atoms with E-state index in [0.717, 1.165) is 39.3 Å². The van der Waals surface area contributed by atoms with E-state index in [1.165, 1.54) is 54.8 Å². The van der Waals surface area contributed by atoms with Gasteiger partial charge in [0.05, 0.1) is 27.6 Å². The zero-order valence-corrected chi connectivity index (χ0v) is 31.2. The number of aromatic nitrogens is 2. The van der Waals surface area contributed by atoms with E-state index in [2.05, 4.69) is 238 Å². The minimum absolute atomic E-state index is 1.08.